The molecule has 76 valence electrons. The maximum Gasteiger partial charge on any atom is 1.00 e. The summed E-state index contributed by atoms with van der Waals surface area (Å²) in [5.74, 6) is 0. The summed E-state index contributed by atoms with van der Waals surface area (Å²) < 4.78 is 29.8. The zero-order chi connectivity index (χ0) is 10.9. The standard InChI is InChI=1S/C6H6N2O5S.Na/c7-5-2-1-4(14(11,12)13)3-6(5)8(9)10;/h1-3H,7H2,(H,11,12,13);/q;+1. The van der Waals surface area contributed by atoms with E-state index < -0.39 is 25.6 Å². The van der Waals surface area contributed by atoms with Gasteiger partial charge in [0, 0.05) is 6.07 Å². The van der Waals surface area contributed by atoms with Gasteiger partial charge in [-0.3, -0.25) is 14.7 Å². The Morgan fingerprint density at radius 2 is 1.93 bits per heavy atom. The molecule has 1 aromatic carbocycles. The summed E-state index contributed by atoms with van der Waals surface area (Å²) in [6.07, 6.45) is 0. The summed E-state index contributed by atoms with van der Waals surface area (Å²) in [5, 5.41) is 10.4. The van der Waals surface area contributed by atoms with Gasteiger partial charge in [-0.15, -0.1) is 0 Å². The molecule has 0 heterocycles. The van der Waals surface area contributed by atoms with Gasteiger partial charge in [0.15, 0.2) is 0 Å². The average molecular weight is 241 g/mol. The molecule has 9 heteroatoms. The second kappa shape index (κ2) is 4.90. The molecule has 0 aliphatic heterocycles. The molecule has 0 saturated heterocycles. The Kier molecular flexibility index (Phi) is 4.68. The van der Waals surface area contributed by atoms with Crippen molar-refractivity contribution in [3.05, 3.63) is 28.3 Å². The van der Waals surface area contributed by atoms with Gasteiger partial charge in [0.05, 0.1) is 4.92 Å². The van der Waals surface area contributed by atoms with Gasteiger partial charge in [-0.1, -0.05) is 0 Å². The molecule has 3 N–H and O–H groups in total. The molecule has 0 fully saturated rings. The molecule has 0 bridgehead atoms. The van der Waals surface area contributed by atoms with Gasteiger partial charge in [-0.05, 0) is 12.1 Å². The van der Waals surface area contributed by atoms with Crippen LogP contribution in [-0.2, 0) is 10.1 Å². The third-order valence-corrected chi connectivity index (χ3v) is 2.35. The first-order valence-electron chi connectivity index (χ1n) is 3.34. The third-order valence-electron chi connectivity index (χ3n) is 1.50. The van der Waals surface area contributed by atoms with Crippen LogP contribution >= 0.6 is 0 Å². The summed E-state index contributed by atoms with van der Waals surface area (Å²) in [5.41, 5.74) is 4.50. The fourth-order valence-corrected chi connectivity index (χ4v) is 1.34. The van der Waals surface area contributed by atoms with E-state index in [1.807, 2.05) is 0 Å². The van der Waals surface area contributed by atoms with Crippen LogP contribution in [0.5, 0.6) is 0 Å². The van der Waals surface area contributed by atoms with Crippen LogP contribution in [0.15, 0.2) is 23.1 Å². The minimum Gasteiger partial charge on any atom is -0.393 e. The number of hydrogen-bond donors (Lipinski definition) is 2. The normalized spacial score (nSPS) is 10.5. The van der Waals surface area contributed by atoms with Crippen LogP contribution in [0.2, 0.25) is 0 Å². The Morgan fingerprint density at radius 3 is 2.33 bits per heavy atom. The monoisotopic (exact) mass is 241 g/mol. The molecule has 0 unspecified atom stereocenters. The van der Waals surface area contributed by atoms with Crippen molar-refractivity contribution in [1.82, 2.24) is 0 Å². The van der Waals surface area contributed by atoms with Gasteiger partial charge in [0.1, 0.15) is 10.6 Å². The SMILES string of the molecule is Nc1ccc(S(=O)(=O)O)cc1[N+](=O)[O-].[Na+]. The van der Waals surface area contributed by atoms with E-state index in [1.165, 1.54) is 0 Å². The van der Waals surface area contributed by atoms with E-state index in [4.69, 9.17) is 10.3 Å². The number of benzene rings is 1. The smallest absolute Gasteiger partial charge is 0.393 e. The molecule has 1 aromatic rings. The van der Waals surface area contributed by atoms with Crippen LogP contribution in [0.4, 0.5) is 11.4 Å². The van der Waals surface area contributed by atoms with Crippen LogP contribution in [0.25, 0.3) is 0 Å². The maximum atomic E-state index is 10.6. The molecular formula is C6H6N2NaO5S+. The molecule has 0 aromatic heterocycles. The molecular weight excluding hydrogens is 235 g/mol. The molecule has 0 saturated carbocycles. The van der Waals surface area contributed by atoms with Crippen LogP contribution < -0.4 is 35.3 Å². The molecule has 0 spiro atoms. The van der Waals surface area contributed by atoms with Crippen molar-refractivity contribution in [1.29, 1.82) is 0 Å². The molecule has 0 aliphatic rings. The van der Waals surface area contributed by atoms with Crippen LogP contribution in [-0.4, -0.2) is 17.9 Å². The number of nitro benzene ring substituents is 1. The number of nitrogen functional groups attached to an aromatic ring is 1. The van der Waals surface area contributed by atoms with Gasteiger partial charge >= 0.3 is 29.6 Å². The predicted molar refractivity (Wildman–Crippen MR) is 47.3 cm³/mol. The van der Waals surface area contributed by atoms with Gasteiger partial charge in [-0.2, -0.15) is 8.42 Å². The van der Waals surface area contributed by atoms with Gasteiger partial charge in [0.2, 0.25) is 0 Å². The summed E-state index contributed by atoms with van der Waals surface area (Å²) in [6.45, 7) is 0. The Bertz CT molecular complexity index is 486. The zero-order valence-electron chi connectivity index (χ0n) is 7.75. The van der Waals surface area contributed by atoms with E-state index in [0.29, 0.717) is 6.07 Å². The largest absolute Gasteiger partial charge is 1.00 e. The second-order valence-corrected chi connectivity index (χ2v) is 3.87. The quantitative estimate of drug-likeness (QED) is 0.193. The number of nitrogens with zero attached hydrogens (tertiary/aromatic N) is 1. The van der Waals surface area contributed by atoms with Crippen molar-refractivity contribution in [2.24, 2.45) is 0 Å². The molecule has 0 aliphatic carbocycles. The summed E-state index contributed by atoms with van der Waals surface area (Å²) >= 11 is 0. The van der Waals surface area contributed by atoms with Crippen LogP contribution in [0.3, 0.4) is 0 Å². The number of hydrogen-bond acceptors (Lipinski definition) is 5. The van der Waals surface area contributed by atoms with Crippen molar-refractivity contribution in [3.63, 3.8) is 0 Å². The Hall–Kier alpha value is -0.670. The molecule has 1 rings (SSSR count). The number of rotatable bonds is 2. The number of anilines is 1. The summed E-state index contributed by atoms with van der Waals surface area (Å²) in [4.78, 5) is 8.96. The minimum absolute atomic E-state index is 0. The molecule has 7 nitrogen and oxygen atoms in total. The van der Waals surface area contributed by atoms with E-state index >= 15 is 0 Å². The first kappa shape index (κ1) is 14.3. The van der Waals surface area contributed by atoms with Crippen LogP contribution in [0.1, 0.15) is 0 Å². The van der Waals surface area contributed by atoms with Crippen molar-refractivity contribution >= 4 is 21.5 Å². The van der Waals surface area contributed by atoms with Gasteiger partial charge < -0.3 is 5.73 Å². The fraction of sp³-hybridized carbons (Fsp3) is 0. The average Bonchev–Trinajstić information content (AvgIpc) is 2.02. The summed E-state index contributed by atoms with van der Waals surface area (Å²) in [6, 6.07) is 2.73. The fourth-order valence-electron chi connectivity index (χ4n) is 0.842. The minimum atomic E-state index is -4.44. The second-order valence-electron chi connectivity index (χ2n) is 2.45. The van der Waals surface area contributed by atoms with E-state index in [0.717, 1.165) is 12.1 Å². The van der Waals surface area contributed by atoms with E-state index in [-0.39, 0.29) is 35.2 Å². The van der Waals surface area contributed by atoms with Crippen molar-refractivity contribution in [2.75, 3.05) is 5.73 Å². The van der Waals surface area contributed by atoms with E-state index in [9.17, 15) is 18.5 Å². The Morgan fingerprint density at radius 1 is 1.40 bits per heavy atom. The molecule has 15 heavy (non-hydrogen) atoms. The Labute approximate surface area is 107 Å². The van der Waals surface area contributed by atoms with E-state index in [2.05, 4.69) is 0 Å². The van der Waals surface area contributed by atoms with E-state index in [1.54, 1.807) is 0 Å². The summed E-state index contributed by atoms with van der Waals surface area (Å²) in [7, 11) is -4.44. The van der Waals surface area contributed by atoms with Crippen LogP contribution in [0, 0.1) is 10.1 Å². The van der Waals surface area contributed by atoms with Crippen molar-refractivity contribution in [2.45, 2.75) is 4.90 Å². The zero-order valence-corrected chi connectivity index (χ0v) is 10.6. The van der Waals surface area contributed by atoms with Gasteiger partial charge in [-0.25, -0.2) is 0 Å². The number of nitrogens with two attached hydrogens (primary N) is 1. The van der Waals surface area contributed by atoms with Crippen molar-refractivity contribution in [3.8, 4) is 0 Å². The predicted octanol–water partition coefficient (Wildman–Crippen LogP) is -2.57. The maximum absolute atomic E-state index is 10.6. The molecule has 0 radical (unpaired) electrons. The molecule has 0 amide bonds. The Balaban J connectivity index is 0.00000196. The number of nitro groups is 1. The topological polar surface area (TPSA) is 124 Å². The van der Waals surface area contributed by atoms with Crippen molar-refractivity contribution < 1.29 is 47.5 Å². The molecule has 0 atom stereocenters. The first-order valence-corrected chi connectivity index (χ1v) is 4.78. The third kappa shape index (κ3) is 3.43. The first-order chi connectivity index (χ1) is 6.32. The van der Waals surface area contributed by atoms with Gasteiger partial charge in [0.25, 0.3) is 15.8 Å².